The van der Waals surface area contributed by atoms with E-state index < -0.39 is 75.9 Å². The fourth-order valence-corrected chi connectivity index (χ4v) is 10.3. The highest BCUT2D eigenvalue weighted by atomic mass is 16.6. The van der Waals surface area contributed by atoms with Crippen LogP contribution in [0.3, 0.4) is 0 Å². The summed E-state index contributed by atoms with van der Waals surface area (Å²) >= 11 is 0. The first kappa shape index (κ1) is 35.8. The Kier molecular flexibility index (Phi) is 9.76. The van der Waals surface area contributed by atoms with Gasteiger partial charge in [0.15, 0.2) is 0 Å². The number of hydrogen-bond donors (Lipinski definition) is 1. The molecule has 1 heterocycles. The predicted molar refractivity (Wildman–Crippen MR) is 176 cm³/mol. The summed E-state index contributed by atoms with van der Waals surface area (Å²) in [7, 11) is 0. The molecule has 1 aromatic rings. The van der Waals surface area contributed by atoms with Gasteiger partial charge in [0.05, 0.1) is 25.4 Å². The van der Waals surface area contributed by atoms with Gasteiger partial charge in [-0.1, -0.05) is 50.8 Å². The molecule has 262 valence electrons. The Morgan fingerprint density at radius 1 is 0.938 bits per heavy atom. The van der Waals surface area contributed by atoms with Gasteiger partial charge in [0.1, 0.15) is 18.3 Å². The van der Waals surface area contributed by atoms with Crippen LogP contribution in [0.5, 0.6) is 0 Å². The summed E-state index contributed by atoms with van der Waals surface area (Å²) in [5.41, 5.74) is -1.49. The van der Waals surface area contributed by atoms with Crippen molar-refractivity contribution in [1.82, 2.24) is 0 Å². The molecular weight excluding hydrogens is 616 g/mol. The number of esters is 4. The minimum absolute atomic E-state index is 0.0692. The summed E-state index contributed by atoms with van der Waals surface area (Å²) in [5.74, 6) is -3.26. The molecule has 0 radical (unpaired) electrons. The molecule has 10 atom stereocenters. The minimum atomic E-state index is -1.38. The molecule has 3 fully saturated rings. The molecule has 2 saturated carbocycles. The lowest BCUT2D eigenvalue weighted by Gasteiger charge is -2.70. The molecule has 0 bridgehead atoms. The Bertz CT molecular complexity index is 1490. The molecule has 48 heavy (non-hydrogen) atoms. The fourth-order valence-electron chi connectivity index (χ4n) is 10.3. The minimum Gasteiger partial charge on any atom is -0.466 e. The number of benzene rings is 1. The van der Waals surface area contributed by atoms with Crippen molar-refractivity contribution >= 4 is 29.5 Å². The molecular formula is C38H50O10. The van der Waals surface area contributed by atoms with Crippen molar-refractivity contribution in [2.75, 3.05) is 19.8 Å². The van der Waals surface area contributed by atoms with Gasteiger partial charge in [-0.25, -0.2) is 0 Å². The van der Waals surface area contributed by atoms with Crippen molar-refractivity contribution in [1.29, 1.82) is 0 Å². The van der Waals surface area contributed by atoms with E-state index in [1.165, 1.54) is 27.7 Å². The zero-order valence-electron chi connectivity index (χ0n) is 29.2. The van der Waals surface area contributed by atoms with Gasteiger partial charge in [0.25, 0.3) is 0 Å². The zero-order chi connectivity index (χ0) is 35.2. The lowest BCUT2D eigenvalue weighted by atomic mass is 9.36. The number of rotatable bonds is 9. The number of carbonyl (C=O) groups is 4. The van der Waals surface area contributed by atoms with Crippen molar-refractivity contribution in [2.24, 2.45) is 34.0 Å². The fraction of sp³-hybridized carbons (Fsp3) is 0.632. The molecule has 4 aliphatic rings. The molecule has 10 nitrogen and oxygen atoms in total. The van der Waals surface area contributed by atoms with Crippen LogP contribution in [0.25, 0.3) is 5.57 Å². The van der Waals surface area contributed by atoms with E-state index in [2.05, 4.69) is 13.5 Å². The van der Waals surface area contributed by atoms with Crippen LogP contribution >= 0.6 is 0 Å². The van der Waals surface area contributed by atoms with E-state index in [0.717, 1.165) is 11.1 Å². The second kappa shape index (κ2) is 13.1. The second-order valence-corrected chi connectivity index (χ2v) is 14.9. The van der Waals surface area contributed by atoms with Crippen LogP contribution in [0, 0.1) is 34.0 Å². The Hall–Kier alpha value is -3.50. The largest absolute Gasteiger partial charge is 0.466 e. The third kappa shape index (κ3) is 5.89. The Morgan fingerprint density at radius 3 is 2.19 bits per heavy atom. The van der Waals surface area contributed by atoms with Gasteiger partial charge in [-0.15, -0.1) is 0 Å². The molecule has 1 aromatic carbocycles. The van der Waals surface area contributed by atoms with Crippen LogP contribution in [0.1, 0.15) is 79.7 Å². The van der Waals surface area contributed by atoms with Crippen molar-refractivity contribution in [3.63, 3.8) is 0 Å². The molecule has 1 N–H and O–H groups in total. The van der Waals surface area contributed by atoms with Crippen LogP contribution < -0.4 is 0 Å². The number of ether oxygens (including phenoxy) is 5. The van der Waals surface area contributed by atoms with Crippen molar-refractivity contribution < 1.29 is 48.0 Å². The SMILES string of the molecule is C=C(C[C@@]1(O)C(C)=C[C@@H](OC(C)=O)[C@]2(C)C3[C@H](OC(C)=O)[C@H](OC(C)=O)[C@@]4(CCOC(C)=O)COC[C@H]4[C@]3(C)CC[C@H]21)c1ccccc1. The average Bonchev–Trinajstić information content (AvgIpc) is 3.44. The number of fused-ring (bicyclic) bond motifs is 5. The maximum atomic E-state index is 13.0. The van der Waals surface area contributed by atoms with Crippen molar-refractivity contribution in [3.8, 4) is 0 Å². The number of hydrogen-bond acceptors (Lipinski definition) is 10. The Balaban J connectivity index is 1.71. The number of aliphatic hydroxyl groups is 1. The van der Waals surface area contributed by atoms with E-state index in [-0.39, 0.29) is 25.6 Å². The van der Waals surface area contributed by atoms with Crippen LogP contribution in [0.15, 0.2) is 48.6 Å². The Labute approximate surface area is 283 Å². The first-order valence-electron chi connectivity index (χ1n) is 16.9. The van der Waals surface area contributed by atoms with Crippen LogP contribution in [0.2, 0.25) is 0 Å². The first-order chi connectivity index (χ1) is 22.5. The lowest BCUT2D eigenvalue weighted by Crippen LogP contribution is -2.74. The highest BCUT2D eigenvalue weighted by Gasteiger charge is 2.76. The van der Waals surface area contributed by atoms with Crippen molar-refractivity contribution in [2.45, 2.75) is 98.1 Å². The van der Waals surface area contributed by atoms with Gasteiger partial charge in [-0.3, -0.25) is 19.2 Å². The third-order valence-corrected chi connectivity index (χ3v) is 12.1. The topological polar surface area (TPSA) is 135 Å². The maximum absolute atomic E-state index is 13.0. The summed E-state index contributed by atoms with van der Waals surface area (Å²) in [6.07, 6.45) is 0.823. The molecule has 10 heteroatoms. The maximum Gasteiger partial charge on any atom is 0.303 e. The average molecular weight is 667 g/mol. The van der Waals surface area contributed by atoms with Gasteiger partial charge in [0, 0.05) is 56.8 Å². The summed E-state index contributed by atoms with van der Waals surface area (Å²) < 4.78 is 30.2. The lowest BCUT2D eigenvalue weighted by molar-refractivity contribution is -0.286. The van der Waals surface area contributed by atoms with Gasteiger partial charge >= 0.3 is 23.9 Å². The molecule has 0 spiro atoms. The van der Waals surface area contributed by atoms with Crippen LogP contribution in [-0.2, 0) is 42.9 Å². The normalized spacial score (nSPS) is 38.3. The standard InChI is InChI=1S/C38H50O10/c1-22(28-12-10-9-11-13-28)19-38(43)23(2)18-31(46-25(4)40)36(8)29(38)14-15-35(7)30-20-44-21-37(30,16-17-45-24(3)39)34(48-27(6)42)32(33(35)36)47-26(5)41/h9-13,18,29-34,43H,1,14-17,19-21H2,2-8H3/t29-,30+,31-,32+,33?,34+,35+,36-,37+,38-/m1/s1. The van der Waals surface area contributed by atoms with Gasteiger partial charge in [-0.2, -0.15) is 0 Å². The van der Waals surface area contributed by atoms with Crippen LogP contribution in [0.4, 0.5) is 0 Å². The highest BCUT2D eigenvalue weighted by molar-refractivity contribution is 5.69. The molecule has 1 saturated heterocycles. The second-order valence-electron chi connectivity index (χ2n) is 14.9. The monoisotopic (exact) mass is 666 g/mol. The molecule has 0 aromatic heterocycles. The van der Waals surface area contributed by atoms with E-state index >= 15 is 0 Å². The van der Waals surface area contributed by atoms with Crippen LogP contribution in [-0.4, -0.2) is 72.7 Å². The predicted octanol–water partition coefficient (Wildman–Crippen LogP) is 5.21. The van der Waals surface area contributed by atoms with E-state index in [1.807, 2.05) is 50.3 Å². The zero-order valence-corrected chi connectivity index (χ0v) is 29.2. The molecule has 3 aliphatic carbocycles. The quantitative estimate of drug-likeness (QED) is 0.213. The van der Waals surface area contributed by atoms with E-state index in [1.54, 1.807) is 0 Å². The van der Waals surface area contributed by atoms with E-state index in [0.29, 0.717) is 31.4 Å². The first-order valence-corrected chi connectivity index (χ1v) is 16.9. The van der Waals surface area contributed by atoms with E-state index in [9.17, 15) is 24.3 Å². The number of carbonyl (C=O) groups excluding carboxylic acids is 4. The van der Waals surface area contributed by atoms with E-state index in [4.69, 9.17) is 23.7 Å². The molecule has 1 aliphatic heterocycles. The summed E-state index contributed by atoms with van der Waals surface area (Å²) in [6.45, 7) is 16.4. The van der Waals surface area contributed by atoms with Gasteiger partial charge < -0.3 is 28.8 Å². The molecule has 1 unspecified atom stereocenters. The summed E-state index contributed by atoms with van der Waals surface area (Å²) in [5, 5.41) is 12.9. The Morgan fingerprint density at radius 2 is 1.58 bits per heavy atom. The van der Waals surface area contributed by atoms with Gasteiger partial charge in [-0.05, 0) is 60.3 Å². The van der Waals surface area contributed by atoms with Crippen molar-refractivity contribution in [3.05, 3.63) is 54.1 Å². The smallest absolute Gasteiger partial charge is 0.303 e. The molecule has 0 amide bonds. The highest BCUT2D eigenvalue weighted by Crippen LogP contribution is 2.72. The molecule has 5 rings (SSSR count). The third-order valence-electron chi connectivity index (χ3n) is 12.1. The van der Waals surface area contributed by atoms with Gasteiger partial charge in [0.2, 0.25) is 0 Å². The summed E-state index contributed by atoms with van der Waals surface area (Å²) in [6, 6.07) is 9.71. The summed E-state index contributed by atoms with van der Waals surface area (Å²) in [4.78, 5) is 50.4.